The first-order valence-corrected chi connectivity index (χ1v) is 5.41. The van der Waals surface area contributed by atoms with Crippen LogP contribution in [0.2, 0.25) is 0 Å². The molecule has 1 aromatic heterocycles. The van der Waals surface area contributed by atoms with Crippen molar-refractivity contribution in [2.75, 3.05) is 13.2 Å². The van der Waals surface area contributed by atoms with Crippen molar-refractivity contribution in [3.63, 3.8) is 0 Å². The average Bonchev–Trinajstić information content (AvgIpc) is 2.32. The summed E-state index contributed by atoms with van der Waals surface area (Å²) in [6.07, 6.45) is 1.88. The van der Waals surface area contributed by atoms with E-state index in [1.165, 1.54) is 10.9 Å². The molecule has 3 heteroatoms. The monoisotopic (exact) mass is 215 g/mol. The number of pyridine rings is 1. The predicted molar refractivity (Wildman–Crippen MR) is 62.2 cm³/mol. The Morgan fingerprint density at radius 3 is 2.50 bits per heavy atom. The van der Waals surface area contributed by atoms with E-state index in [1.54, 1.807) is 0 Å². The van der Waals surface area contributed by atoms with Crippen LogP contribution >= 0.6 is 0 Å². The van der Waals surface area contributed by atoms with Gasteiger partial charge in [-0.2, -0.15) is 0 Å². The van der Waals surface area contributed by atoms with Gasteiger partial charge in [0, 0.05) is 17.3 Å². The Bertz CT molecular complexity index is 563. The molecular weight excluding hydrogens is 202 g/mol. The zero-order valence-electron chi connectivity index (χ0n) is 9.41. The van der Waals surface area contributed by atoms with Crippen LogP contribution in [0.4, 0.5) is 0 Å². The molecule has 1 aliphatic heterocycles. The van der Waals surface area contributed by atoms with Crippen LogP contribution in [0.3, 0.4) is 0 Å². The van der Waals surface area contributed by atoms with E-state index in [0.29, 0.717) is 13.2 Å². The first-order valence-electron chi connectivity index (χ1n) is 5.41. The van der Waals surface area contributed by atoms with Crippen LogP contribution in [0.15, 0.2) is 18.3 Å². The first kappa shape index (κ1) is 9.46. The second-order valence-electron chi connectivity index (χ2n) is 4.05. The van der Waals surface area contributed by atoms with Crippen LogP contribution in [-0.4, -0.2) is 18.2 Å². The van der Waals surface area contributed by atoms with E-state index in [1.807, 2.05) is 25.3 Å². The third-order valence-electron chi connectivity index (χ3n) is 3.06. The van der Waals surface area contributed by atoms with Crippen molar-refractivity contribution in [1.82, 2.24) is 4.98 Å². The molecule has 0 atom stereocenters. The summed E-state index contributed by atoms with van der Waals surface area (Å²) in [6, 6.07) is 4.05. The Morgan fingerprint density at radius 1 is 1.06 bits per heavy atom. The molecule has 1 aliphatic rings. The fourth-order valence-electron chi connectivity index (χ4n) is 1.99. The van der Waals surface area contributed by atoms with Crippen LogP contribution in [-0.2, 0) is 0 Å². The van der Waals surface area contributed by atoms with Gasteiger partial charge >= 0.3 is 0 Å². The van der Waals surface area contributed by atoms with Crippen molar-refractivity contribution in [1.29, 1.82) is 0 Å². The maximum Gasteiger partial charge on any atom is 0.162 e. The lowest BCUT2D eigenvalue weighted by Gasteiger charge is -2.19. The molecule has 0 unspecified atom stereocenters. The Labute approximate surface area is 94.0 Å². The second-order valence-corrected chi connectivity index (χ2v) is 4.05. The van der Waals surface area contributed by atoms with E-state index >= 15 is 0 Å². The normalized spacial score (nSPS) is 14.1. The van der Waals surface area contributed by atoms with E-state index in [2.05, 4.69) is 11.9 Å². The number of rotatable bonds is 0. The molecular formula is C13H13NO2. The highest BCUT2D eigenvalue weighted by Crippen LogP contribution is 2.35. The summed E-state index contributed by atoms with van der Waals surface area (Å²) in [4.78, 5) is 4.36. The molecule has 0 N–H and O–H groups in total. The van der Waals surface area contributed by atoms with E-state index in [9.17, 15) is 0 Å². The fraction of sp³-hybridized carbons (Fsp3) is 0.308. The molecule has 2 aromatic rings. The lowest BCUT2D eigenvalue weighted by atomic mass is 10.1. The van der Waals surface area contributed by atoms with Crippen molar-refractivity contribution in [2.24, 2.45) is 0 Å². The molecule has 16 heavy (non-hydrogen) atoms. The molecule has 0 aliphatic carbocycles. The standard InChI is InChI=1S/C13H13NO2/c1-8-9(2)14-7-10-5-12-13(6-11(8)10)16-4-3-15-12/h5-7H,3-4H2,1-2H3. The van der Waals surface area contributed by atoms with Crippen molar-refractivity contribution >= 4 is 10.8 Å². The summed E-state index contributed by atoms with van der Waals surface area (Å²) in [7, 11) is 0. The maximum absolute atomic E-state index is 5.58. The minimum absolute atomic E-state index is 0.622. The van der Waals surface area contributed by atoms with Crippen LogP contribution in [0.1, 0.15) is 11.3 Å². The van der Waals surface area contributed by atoms with Gasteiger partial charge in [0.2, 0.25) is 0 Å². The van der Waals surface area contributed by atoms with Crippen LogP contribution in [0, 0.1) is 13.8 Å². The van der Waals surface area contributed by atoms with E-state index < -0.39 is 0 Å². The number of hydrogen-bond donors (Lipinski definition) is 0. The van der Waals surface area contributed by atoms with Crippen molar-refractivity contribution in [3.8, 4) is 11.5 Å². The van der Waals surface area contributed by atoms with Gasteiger partial charge in [0.15, 0.2) is 11.5 Å². The molecule has 82 valence electrons. The van der Waals surface area contributed by atoms with Gasteiger partial charge in [0.05, 0.1) is 0 Å². The third-order valence-corrected chi connectivity index (χ3v) is 3.06. The van der Waals surface area contributed by atoms with Crippen molar-refractivity contribution in [3.05, 3.63) is 29.6 Å². The zero-order chi connectivity index (χ0) is 11.1. The second kappa shape index (κ2) is 3.37. The molecule has 0 saturated heterocycles. The highest BCUT2D eigenvalue weighted by Gasteiger charge is 2.13. The average molecular weight is 215 g/mol. The van der Waals surface area contributed by atoms with Gasteiger partial charge in [0.1, 0.15) is 13.2 Å². The number of benzene rings is 1. The Kier molecular flexibility index (Phi) is 1.99. The summed E-state index contributed by atoms with van der Waals surface area (Å²) in [5.41, 5.74) is 2.26. The summed E-state index contributed by atoms with van der Waals surface area (Å²) in [5, 5.41) is 2.30. The molecule has 0 bridgehead atoms. The first-order chi connectivity index (χ1) is 7.75. The third kappa shape index (κ3) is 1.32. The molecule has 0 radical (unpaired) electrons. The van der Waals surface area contributed by atoms with Crippen molar-refractivity contribution in [2.45, 2.75) is 13.8 Å². The highest BCUT2D eigenvalue weighted by atomic mass is 16.6. The topological polar surface area (TPSA) is 31.4 Å². The lowest BCUT2D eigenvalue weighted by molar-refractivity contribution is 0.172. The van der Waals surface area contributed by atoms with Gasteiger partial charge < -0.3 is 9.47 Å². The molecule has 2 heterocycles. The molecule has 3 nitrogen and oxygen atoms in total. The van der Waals surface area contributed by atoms with Crippen LogP contribution in [0.5, 0.6) is 11.5 Å². The number of nitrogens with zero attached hydrogens (tertiary/aromatic N) is 1. The van der Waals surface area contributed by atoms with Crippen LogP contribution < -0.4 is 9.47 Å². The van der Waals surface area contributed by atoms with Gasteiger partial charge in [-0.25, -0.2) is 0 Å². The Hall–Kier alpha value is -1.77. The SMILES string of the molecule is Cc1ncc2cc3c(cc2c1C)OCCO3. The van der Waals surface area contributed by atoms with Gasteiger partial charge in [-0.1, -0.05) is 0 Å². The quantitative estimate of drug-likeness (QED) is 0.677. The fourth-order valence-corrected chi connectivity index (χ4v) is 1.99. The lowest BCUT2D eigenvalue weighted by Crippen LogP contribution is -2.15. The molecule has 0 spiro atoms. The zero-order valence-corrected chi connectivity index (χ0v) is 9.41. The number of fused-ring (bicyclic) bond motifs is 2. The summed E-state index contributed by atoms with van der Waals surface area (Å²) in [6.45, 7) is 5.35. The van der Waals surface area contributed by atoms with E-state index in [4.69, 9.17) is 9.47 Å². The van der Waals surface area contributed by atoms with Crippen LogP contribution in [0.25, 0.3) is 10.8 Å². The molecule has 0 fully saturated rings. The molecule has 0 saturated carbocycles. The number of aromatic nitrogens is 1. The van der Waals surface area contributed by atoms with Gasteiger partial charge in [0.25, 0.3) is 0 Å². The predicted octanol–water partition coefficient (Wildman–Crippen LogP) is 2.62. The van der Waals surface area contributed by atoms with E-state index in [0.717, 1.165) is 22.6 Å². The van der Waals surface area contributed by atoms with Gasteiger partial charge in [-0.15, -0.1) is 0 Å². The minimum atomic E-state index is 0.622. The number of ether oxygens (including phenoxy) is 2. The summed E-state index contributed by atoms with van der Waals surface area (Å²) < 4.78 is 11.1. The highest BCUT2D eigenvalue weighted by molar-refractivity contribution is 5.88. The molecule has 0 amide bonds. The molecule has 3 rings (SSSR count). The molecule has 1 aromatic carbocycles. The largest absolute Gasteiger partial charge is 0.486 e. The van der Waals surface area contributed by atoms with Gasteiger partial charge in [-0.3, -0.25) is 4.98 Å². The summed E-state index contributed by atoms with van der Waals surface area (Å²) >= 11 is 0. The van der Waals surface area contributed by atoms with E-state index in [-0.39, 0.29) is 0 Å². The van der Waals surface area contributed by atoms with Gasteiger partial charge in [-0.05, 0) is 36.9 Å². The summed E-state index contributed by atoms with van der Waals surface area (Å²) in [5.74, 6) is 1.66. The minimum Gasteiger partial charge on any atom is -0.486 e. The number of hydrogen-bond acceptors (Lipinski definition) is 3. The van der Waals surface area contributed by atoms with Crippen molar-refractivity contribution < 1.29 is 9.47 Å². The number of aryl methyl sites for hydroxylation is 2. The Morgan fingerprint density at radius 2 is 1.75 bits per heavy atom. The Balaban J connectivity index is 2.31. The maximum atomic E-state index is 5.58. The smallest absolute Gasteiger partial charge is 0.162 e.